The van der Waals surface area contributed by atoms with Gasteiger partial charge in [-0.2, -0.15) is 0 Å². The van der Waals surface area contributed by atoms with Crippen molar-refractivity contribution in [1.29, 1.82) is 0 Å². The number of carboxylic acids is 1. The third-order valence-corrected chi connectivity index (χ3v) is 3.50. The number of alkyl carbamates (subject to hydrolysis) is 1. The van der Waals surface area contributed by atoms with Gasteiger partial charge in [-0.15, -0.1) is 5.10 Å². The predicted molar refractivity (Wildman–Crippen MR) is 77.4 cm³/mol. The largest absolute Gasteiger partial charge is 0.476 e. The van der Waals surface area contributed by atoms with E-state index in [1.807, 2.05) is 0 Å². The summed E-state index contributed by atoms with van der Waals surface area (Å²) >= 11 is 0. The maximum absolute atomic E-state index is 11.7. The molecule has 8 heteroatoms. The number of aromatic nitrogens is 3. The monoisotopic (exact) mass is 310 g/mol. The Kier molecular flexibility index (Phi) is 4.68. The van der Waals surface area contributed by atoms with Gasteiger partial charge in [-0.05, 0) is 39.5 Å². The van der Waals surface area contributed by atoms with Gasteiger partial charge in [0.05, 0.1) is 12.2 Å². The third-order valence-electron chi connectivity index (χ3n) is 3.50. The number of ether oxygens (including phenoxy) is 1. The number of nitrogens with zero attached hydrogens (tertiary/aromatic N) is 3. The smallest absolute Gasteiger partial charge is 0.407 e. The van der Waals surface area contributed by atoms with Crippen LogP contribution in [-0.4, -0.2) is 37.8 Å². The van der Waals surface area contributed by atoms with Crippen molar-refractivity contribution in [2.75, 3.05) is 0 Å². The highest BCUT2D eigenvalue weighted by Crippen LogP contribution is 2.28. The fourth-order valence-corrected chi connectivity index (χ4v) is 2.21. The summed E-state index contributed by atoms with van der Waals surface area (Å²) in [6, 6.07) is 0. The first kappa shape index (κ1) is 16.3. The minimum atomic E-state index is -1.15. The lowest BCUT2D eigenvalue weighted by Gasteiger charge is -2.25. The highest BCUT2D eigenvalue weighted by molar-refractivity contribution is 5.86. The highest BCUT2D eigenvalue weighted by Gasteiger charge is 2.25. The summed E-state index contributed by atoms with van der Waals surface area (Å²) in [5.41, 5.74) is -0.343. The lowest BCUT2D eigenvalue weighted by molar-refractivity contribution is 0.0519. The average Bonchev–Trinajstić information content (AvgIpc) is 2.72. The Labute approximate surface area is 128 Å². The van der Waals surface area contributed by atoms with E-state index in [1.165, 1.54) is 6.42 Å². The van der Waals surface area contributed by atoms with Crippen molar-refractivity contribution in [2.45, 2.75) is 58.7 Å². The van der Waals surface area contributed by atoms with Crippen LogP contribution in [0.5, 0.6) is 0 Å². The highest BCUT2D eigenvalue weighted by atomic mass is 16.6. The molecule has 0 unspecified atom stereocenters. The van der Waals surface area contributed by atoms with Gasteiger partial charge in [0.1, 0.15) is 5.60 Å². The first-order chi connectivity index (χ1) is 10.3. The molecule has 8 nitrogen and oxygen atoms in total. The van der Waals surface area contributed by atoms with Crippen molar-refractivity contribution < 1.29 is 19.4 Å². The van der Waals surface area contributed by atoms with E-state index >= 15 is 0 Å². The lowest BCUT2D eigenvalue weighted by Crippen LogP contribution is -2.33. The van der Waals surface area contributed by atoms with Gasteiger partial charge >= 0.3 is 12.1 Å². The van der Waals surface area contributed by atoms with Gasteiger partial charge in [-0.3, -0.25) is 0 Å². The molecule has 1 aliphatic carbocycles. The molecule has 22 heavy (non-hydrogen) atoms. The summed E-state index contributed by atoms with van der Waals surface area (Å²) in [6.45, 7) is 5.94. The standard InChI is InChI=1S/C14H22N4O4/c1-14(2,3)22-13(21)15-7-10-11(12(19)20)16-17-18(10)8-9-5-4-6-9/h9H,4-8H2,1-3H3,(H,15,21)(H,19,20). The van der Waals surface area contributed by atoms with Gasteiger partial charge in [0.25, 0.3) is 0 Å². The van der Waals surface area contributed by atoms with Crippen LogP contribution < -0.4 is 5.32 Å². The average molecular weight is 310 g/mol. The molecule has 0 radical (unpaired) electrons. The fourth-order valence-electron chi connectivity index (χ4n) is 2.21. The first-order valence-electron chi connectivity index (χ1n) is 7.39. The van der Waals surface area contributed by atoms with E-state index in [2.05, 4.69) is 15.6 Å². The zero-order valence-electron chi connectivity index (χ0n) is 13.1. The molecule has 1 aliphatic rings. The second-order valence-corrected chi connectivity index (χ2v) is 6.52. The van der Waals surface area contributed by atoms with Crippen molar-refractivity contribution in [2.24, 2.45) is 5.92 Å². The molecule has 1 saturated carbocycles. The third kappa shape index (κ3) is 4.19. The number of nitrogens with one attached hydrogen (secondary N) is 1. The molecule has 1 heterocycles. The Morgan fingerprint density at radius 1 is 1.41 bits per heavy atom. The predicted octanol–water partition coefficient (Wildman–Crippen LogP) is 1.80. The number of carboxylic acid groups (broad SMARTS) is 1. The molecule has 2 rings (SSSR count). The zero-order chi connectivity index (χ0) is 16.3. The number of carbonyl (C=O) groups is 2. The van der Waals surface area contributed by atoms with E-state index in [9.17, 15) is 14.7 Å². The minimum absolute atomic E-state index is 0.0241. The Morgan fingerprint density at radius 2 is 2.09 bits per heavy atom. The van der Waals surface area contributed by atoms with Crippen molar-refractivity contribution >= 4 is 12.1 Å². The van der Waals surface area contributed by atoms with Gasteiger partial charge in [-0.25, -0.2) is 14.3 Å². The molecule has 0 aliphatic heterocycles. The van der Waals surface area contributed by atoms with Crippen LogP contribution in [0, 0.1) is 5.92 Å². The van der Waals surface area contributed by atoms with Crippen molar-refractivity contribution in [3.63, 3.8) is 0 Å². The number of aromatic carboxylic acids is 1. The molecule has 1 aromatic rings. The number of amides is 1. The van der Waals surface area contributed by atoms with Gasteiger partial charge in [0.15, 0.2) is 5.69 Å². The molecule has 0 bridgehead atoms. The molecule has 0 spiro atoms. The molecular weight excluding hydrogens is 288 g/mol. The van der Waals surface area contributed by atoms with Crippen LogP contribution in [0.3, 0.4) is 0 Å². The van der Waals surface area contributed by atoms with E-state index in [1.54, 1.807) is 25.5 Å². The van der Waals surface area contributed by atoms with E-state index in [0.29, 0.717) is 18.2 Å². The maximum Gasteiger partial charge on any atom is 0.407 e. The molecule has 1 amide bonds. The quantitative estimate of drug-likeness (QED) is 0.859. The number of rotatable bonds is 5. The number of hydrogen-bond acceptors (Lipinski definition) is 5. The van der Waals surface area contributed by atoms with E-state index in [0.717, 1.165) is 12.8 Å². The van der Waals surface area contributed by atoms with Gasteiger partial charge < -0.3 is 15.2 Å². The van der Waals surface area contributed by atoms with Crippen LogP contribution in [0.25, 0.3) is 0 Å². The van der Waals surface area contributed by atoms with E-state index in [4.69, 9.17) is 4.74 Å². The zero-order valence-corrected chi connectivity index (χ0v) is 13.1. The second kappa shape index (κ2) is 6.33. The Hall–Kier alpha value is -2.12. The number of carbonyl (C=O) groups excluding carboxylic acids is 1. The minimum Gasteiger partial charge on any atom is -0.476 e. The van der Waals surface area contributed by atoms with Crippen LogP contribution >= 0.6 is 0 Å². The summed E-state index contributed by atoms with van der Waals surface area (Å²) in [7, 11) is 0. The topological polar surface area (TPSA) is 106 Å². The molecule has 1 fully saturated rings. The number of hydrogen-bond donors (Lipinski definition) is 2. The van der Waals surface area contributed by atoms with Crippen molar-refractivity contribution in [3.8, 4) is 0 Å². The Balaban J connectivity index is 2.04. The van der Waals surface area contributed by atoms with Crippen LogP contribution in [0.15, 0.2) is 0 Å². The van der Waals surface area contributed by atoms with E-state index < -0.39 is 17.7 Å². The summed E-state index contributed by atoms with van der Waals surface area (Å²) in [5.74, 6) is -0.649. The van der Waals surface area contributed by atoms with Crippen LogP contribution in [0.1, 0.15) is 56.2 Å². The van der Waals surface area contributed by atoms with Crippen LogP contribution in [0.2, 0.25) is 0 Å². The first-order valence-corrected chi connectivity index (χ1v) is 7.39. The Bertz CT molecular complexity index is 558. The molecule has 122 valence electrons. The normalized spacial score (nSPS) is 15.2. The molecule has 0 atom stereocenters. The molecular formula is C14H22N4O4. The van der Waals surface area contributed by atoms with Gasteiger partial charge in [-0.1, -0.05) is 11.6 Å². The molecule has 2 N–H and O–H groups in total. The Morgan fingerprint density at radius 3 is 2.59 bits per heavy atom. The SMILES string of the molecule is CC(C)(C)OC(=O)NCc1c(C(=O)O)nnn1CC1CCC1. The maximum atomic E-state index is 11.7. The molecule has 0 aromatic carbocycles. The fraction of sp³-hybridized carbons (Fsp3) is 0.714. The van der Waals surface area contributed by atoms with E-state index in [-0.39, 0.29) is 12.2 Å². The van der Waals surface area contributed by atoms with Crippen molar-refractivity contribution in [3.05, 3.63) is 11.4 Å². The van der Waals surface area contributed by atoms with Crippen molar-refractivity contribution in [1.82, 2.24) is 20.3 Å². The molecule has 1 aromatic heterocycles. The van der Waals surface area contributed by atoms with Crippen LogP contribution in [-0.2, 0) is 17.8 Å². The summed E-state index contributed by atoms with van der Waals surface area (Å²) in [5, 5.41) is 19.3. The lowest BCUT2D eigenvalue weighted by atomic mass is 9.85. The summed E-state index contributed by atoms with van der Waals surface area (Å²) in [6.07, 6.45) is 2.82. The summed E-state index contributed by atoms with van der Waals surface area (Å²) < 4.78 is 6.72. The molecule has 0 saturated heterocycles. The van der Waals surface area contributed by atoms with Gasteiger partial charge in [0, 0.05) is 6.54 Å². The summed E-state index contributed by atoms with van der Waals surface area (Å²) in [4.78, 5) is 22.9. The van der Waals surface area contributed by atoms with Crippen LogP contribution in [0.4, 0.5) is 4.79 Å². The van der Waals surface area contributed by atoms with Gasteiger partial charge in [0.2, 0.25) is 0 Å². The second-order valence-electron chi connectivity index (χ2n) is 6.52.